The maximum atomic E-state index is 11.3. The second kappa shape index (κ2) is 5.94. The van der Waals surface area contributed by atoms with Crippen molar-refractivity contribution in [2.24, 2.45) is 0 Å². The molecule has 2 aromatic heterocycles. The molecule has 0 fully saturated rings. The number of furan rings is 1. The first-order valence-electron chi connectivity index (χ1n) is 6.25. The second-order valence-corrected chi connectivity index (χ2v) is 4.77. The van der Waals surface area contributed by atoms with Crippen LogP contribution in [0.15, 0.2) is 35.1 Å². The minimum Gasteiger partial charge on any atom is -0.466 e. The highest BCUT2D eigenvalue weighted by atomic mass is 16.5. The van der Waals surface area contributed by atoms with Crippen molar-refractivity contribution in [1.82, 2.24) is 10.3 Å². The van der Waals surface area contributed by atoms with Gasteiger partial charge in [0, 0.05) is 19.3 Å². The van der Waals surface area contributed by atoms with Crippen molar-refractivity contribution in [1.29, 1.82) is 0 Å². The quantitative estimate of drug-likeness (QED) is 0.695. The third kappa shape index (κ3) is 3.28. The average molecular weight is 278 g/mol. The summed E-state index contributed by atoms with van der Waals surface area (Å²) < 4.78 is 9.81. The summed E-state index contributed by atoms with van der Waals surface area (Å²) in [5.74, 6) is 0.105. The van der Waals surface area contributed by atoms with Gasteiger partial charge in [-0.3, -0.25) is 0 Å². The van der Waals surface area contributed by atoms with Gasteiger partial charge in [0.25, 0.3) is 0 Å². The van der Waals surface area contributed by atoms with Gasteiger partial charge in [-0.1, -0.05) is 0 Å². The molecule has 0 bridgehead atoms. The Morgan fingerprint density at radius 1 is 1.60 bits per heavy atom. The molecule has 0 spiro atoms. The molecular formula is C14H18N2O4. The lowest BCUT2D eigenvalue weighted by Gasteiger charge is -2.21. The highest BCUT2D eigenvalue weighted by Crippen LogP contribution is 2.19. The van der Waals surface area contributed by atoms with E-state index in [0.29, 0.717) is 24.5 Å². The van der Waals surface area contributed by atoms with Crippen molar-refractivity contribution in [3.05, 3.63) is 47.7 Å². The summed E-state index contributed by atoms with van der Waals surface area (Å²) in [5, 5.41) is 13.4. The topological polar surface area (TPSA) is 87.5 Å². The number of methoxy groups -OCH3 is 1. The summed E-state index contributed by atoms with van der Waals surface area (Å²) in [5.41, 5.74) is 0.230. The van der Waals surface area contributed by atoms with E-state index in [4.69, 9.17) is 4.42 Å². The Bertz CT molecular complexity index is 558. The van der Waals surface area contributed by atoms with Gasteiger partial charge in [-0.05, 0) is 30.7 Å². The summed E-state index contributed by atoms with van der Waals surface area (Å²) in [7, 11) is 1.33. The lowest BCUT2D eigenvalue weighted by molar-refractivity contribution is 0.0340. The van der Waals surface area contributed by atoms with Crippen LogP contribution in [0.2, 0.25) is 0 Å². The molecule has 2 aromatic rings. The molecule has 0 radical (unpaired) electrons. The van der Waals surface area contributed by atoms with Crippen molar-refractivity contribution in [2.75, 3.05) is 13.7 Å². The lowest BCUT2D eigenvalue weighted by atomic mass is 10.0. The van der Waals surface area contributed by atoms with Crippen molar-refractivity contribution < 1.29 is 19.1 Å². The van der Waals surface area contributed by atoms with Crippen LogP contribution in [0.3, 0.4) is 0 Å². The summed E-state index contributed by atoms with van der Waals surface area (Å²) in [4.78, 5) is 14.1. The van der Waals surface area contributed by atoms with Gasteiger partial charge in [0.1, 0.15) is 17.1 Å². The van der Waals surface area contributed by atoms with E-state index in [1.807, 2.05) is 0 Å². The van der Waals surface area contributed by atoms with Crippen LogP contribution < -0.4 is 5.32 Å². The molecule has 3 N–H and O–H groups in total. The summed E-state index contributed by atoms with van der Waals surface area (Å²) in [6.45, 7) is 2.53. The van der Waals surface area contributed by atoms with E-state index in [1.54, 1.807) is 31.3 Å². The fraction of sp³-hybridized carbons (Fsp3) is 0.357. The van der Waals surface area contributed by atoms with Crippen LogP contribution >= 0.6 is 0 Å². The highest BCUT2D eigenvalue weighted by molar-refractivity contribution is 5.87. The highest BCUT2D eigenvalue weighted by Gasteiger charge is 2.25. The number of esters is 1. The van der Waals surface area contributed by atoms with E-state index in [0.717, 1.165) is 5.56 Å². The summed E-state index contributed by atoms with van der Waals surface area (Å²) >= 11 is 0. The predicted octanol–water partition coefficient (Wildman–Crippen LogP) is 1.39. The molecule has 6 heteroatoms. The molecule has 0 amide bonds. The third-order valence-electron chi connectivity index (χ3n) is 3.00. The Balaban J connectivity index is 1.87. The van der Waals surface area contributed by atoms with Gasteiger partial charge < -0.3 is 24.6 Å². The third-order valence-corrected chi connectivity index (χ3v) is 3.00. The first-order valence-corrected chi connectivity index (χ1v) is 6.25. The minimum atomic E-state index is -1.08. The van der Waals surface area contributed by atoms with Crippen LogP contribution in [-0.2, 0) is 16.9 Å². The molecule has 0 aliphatic heterocycles. The van der Waals surface area contributed by atoms with Gasteiger partial charge in [-0.15, -0.1) is 0 Å². The molecule has 0 aliphatic carbocycles. The van der Waals surface area contributed by atoms with Crippen molar-refractivity contribution in [3.63, 3.8) is 0 Å². The van der Waals surface area contributed by atoms with Crippen LogP contribution in [0.4, 0.5) is 0 Å². The van der Waals surface area contributed by atoms with Crippen molar-refractivity contribution in [3.8, 4) is 0 Å². The Morgan fingerprint density at radius 3 is 3.05 bits per heavy atom. The van der Waals surface area contributed by atoms with E-state index in [1.165, 1.54) is 13.4 Å². The fourth-order valence-corrected chi connectivity index (χ4v) is 1.89. The molecule has 0 saturated heterocycles. The zero-order valence-corrected chi connectivity index (χ0v) is 11.5. The molecule has 1 atom stereocenters. The second-order valence-electron chi connectivity index (χ2n) is 4.77. The Hall–Kier alpha value is -2.05. The zero-order chi connectivity index (χ0) is 14.6. The van der Waals surface area contributed by atoms with Gasteiger partial charge >= 0.3 is 5.97 Å². The molecule has 20 heavy (non-hydrogen) atoms. The number of aliphatic hydroxyl groups is 1. The molecule has 1 unspecified atom stereocenters. The van der Waals surface area contributed by atoms with Gasteiger partial charge in [-0.2, -0.15) is 0 Å². The average Bonchev–Trinajstić information content (AvgIpc) is 3.09. The van der Waals surface area contributed by atoms with E-state index >= 15 is 0 Å². The van der Waals surface area contributed by atoms with Gasteiger partial charge in [0.2, 0.25) is 0 Å². The molecule has 6 nitrogen and oxygen atoms in total. The first kappa shape index (κ1) is 14.4. The molecule has 108 valence electrons. The monoisotopic (exact) mass is 278 g/mol. The number of H-pyrrole nitrogens is 1. The molecule has 0 saturated carbocycles. The fourth-order valence-electron chi connectivity index (χ4n) is 1.89. The Kier molecular flexibility index (Phi) is 4.26. The number of carbonyl (C=O) groups is 1. The first-order chi connectivity index (χ1) is 9.53. The van der Waals surface area contributed by atoms with Gasteiger partial charge in [-0.25, -0.2) is 4.79 Å². The largest absolute Gasteiger partial charge is 0.466 e. The van der Waals surface area contributed by atoms with Crippen molar-refractivity contribution >= 4 is 5.97 Å². The molecule has 0 aliphatic rings. The predicted molar refractivity (Wildman–Crippen MR) is 72.1 cm³/mol. The number of carbonyl (C=O) groups excluding carboxylic acids is 1. The standard InChI is InChI=1S/C14H18N2O4/c1-14(18,12-4-3-5-20-12)9-15-7-10-6-11(16-8-10)13(17)19-2/h3-6,8,15-16,18H,7,9H2,1-2H3. The number of aromatic amines is 1. The van der Waals surface area contributed by atoms with Crippen LogP contribution in [0.5, 0.6) is 0 Å². The molecule has 2 heterocycles. The zero-order valence-electron chi connectivity index (χ0n) is 11.5. The summed E-state index contributed by atoms with van der Waals surface area (Å²) in [6.07, 6.45) is 3.25. The lowest BCUT2D eigenvalue weighted by Crippen LogP contribution is -2.34. The number of aromatic nitrogens is 1. The molecular weight excluding hydrogens is 260 g/mol. The maximum absolute atomic E-state index is 11.3. The Morgan fingerprint density at radius 2 is 2.40 bits per heavy atom. The van der Waals surface area contributed by atoms with Gasteiger partial charge in [0.05, 0.1) is 13.4 Å². The summed E-state index contributed by atoms with van der Waals surface area (Å²) in [6, 6.07) is 5.17. The van der Waals surface area contributed by atoms with E-state index in [2.05, 4.69) is 15.0 Å². The van der Waals surface area contributed by atoms with E-state index in [-0.39, 0.29) is 0 Å². The number of nitrogens with one attached hydrogen (secondary N) is 2. The SMILES string of the molecule is COC(=O)c1cc(CNCC(C)(O)c2ccco2)c[nH]1. The van der Waals surface area contributed by atoms with E-state index in [9.17, 15) is 9.90 Å². The number of rotatable bonds is 6. The number of hydrogen-bond donors (Lipinski definition) is 3. The van der Waals surface area contributed by atoms with E-state index < -0.39 is 11.6 Å². The maximum Gasteiger partial charge on any atom is 0.354 e. The smallest absolute Gasteiger partial charge is 0.354 e. The van der Waals surface area contributed by atoms with Crippen molar-refractivity contribution in [2.45, 2.75) is 19.1 Å². The van der Waals surface area contributed by atoms with Crippen LogP contribution in [0.25, 0.3) is 0 Å². The number of ether oxygens (including phenoxy) is 1. The minimum absolute atomic E-state index is 0.333. The molecule has 2 rings (SSSR count). The number of hydrogen-bond acceptors (Lipinski definition) is 5. The molecule has 0 aromatic carbocycles. The van der Waals surface area contributed by atoms with Crippen LogP contribution in [0.1, 0.15) is 28.7 Å². The normalized spacial score (nSPS) is 13.9. The van der Waals surface area contributed by atoms with Crippen LogP contribution in [0, 0.1) is 0 Å². The van der Waals surface area contributed by atoms with Crippen LogP contribution in [-0.4, -0.2) is 29.7 Å². The van der Waals surface area contributed by atoms with Gasteiger partial charge in [0.15, 0.2) is 0 Å². The Labute approximate surface area is 116 Å².